The van der Waals surface area contributed by atoms with Crippen LogP contribution in [0.1, 0.15) is 44.0 Å². The molecule has 0 atom stereocenters. The second-order valence-corrected chi connectivity index (χ2v) is 6.46. The molecule has 0 saturated carbocycles. The van der Waals surface area contributed by atoms with Gasteiger partial charge in [-0.05, 0) is 50.5 Å². The summed E-state index contributed by atoms with van der Waals surface area (Å²) in [4.78, 5) is 0. The van der Waals surface area contributed by atoms with Crippen LogP contribution < -0.4 is 5.32 Å². The Labute approximate surface area is 128 Å². The minimum Gasteiger partial charge on any atom is -0.344 e. The summed E-state index contributed by atoms with van der Waals surface area (Å²) in [5.41, 5.74) is 6.72. The number of hydrogen-bond acceptors (Lipinski definition) is 1. The van der Waals surface area contributed by atoms with E-state index in [4.69, 9.17) is 0 Å². The fraction of sp³-hybridized carbons (Fsp3) is 0.474. The highest BCUT2D eigenvalue weighted by atomic mass is 15.0. The number of nitrogens with zero attached hydrogens (tertiary/aromatic N) is 1. The van der Waals surface area contributed by atoms with Gasteiger partial charge in [-0.1, -0.05) is 25.5 Å². The van der Waals surface area contributed by atoms with E-state index >= 15 is 0 Å². The van der Waals surface area contributed by atoms with Crippen molar-refractivity contribution in [3.05, 3.63) is 47.2 Å². The third-order valence-corrected chi connectivity index (χ3v) is 4.18. The highest BCUT2D eigenvalue weighted by Gasteiger charge is 2.11. The van der Waals surface area contributed by atoms with E-state index in [0.717, 1.165) is 19.5 Å². The lowest BCUT2D eigenvalue weighted by molar-refractivity contribution is 0.589. The second kappa shape index (κ2) is 6.48. The zero-order valence-electron chi connectivity index (χ0n) is 14.1. The van der Waals surface area contributed by atoms with Crippen LogP contribution in [0.25, 0.3) is 10.9 Å². The normalized spacial score (nSPS) is 11.5. The molecule has 0 amide bonds. The first-order valence-electron chi connectivity index (χ1n) is 7.86. The molecule has 1 aromatic carbocycles. The molecule has 0 aliphatic rings. The Morgan fingerprint density at radius 1 is 1.29 bits per heavy atom. The Bertz CT molecular complexity index is 647. The van der Waals surface area contributed by atoms with E-state index in [1.54, 1.807) is 0 Å². The lowest BCUT2D eigenvalue weighted by Crippen LogP contribution is -2.21. The van der Waals surface area contributed by atoms with Crippen molar-refractivity contribution < 1.29 is 0 Å². The molecular weight excluding hydrogens is 256 g/mol. The van der Waals surface area contributed by atoms with E-state index in [1.807, 2.05) is 0 Å². The molecule has 2 aromatic rings. The number of fused-ring (bicyclic) bond motifs is 1. The molecule has 0 aliphatic carbocycles. The van der Waals surface area contributed by atoms with Crippen LogP contribution in [0.15, 0.2) is 30.4 Å². The quantitative estimate of drug-likeness (QED) is 0.759. The lowest BCUT2D eigenvalue weighted by atomic mass is 10.1. The maximum atomic E-state index is 4.02. The fourth-order valence-corrected chi connectivity index (χ4v) is 2.72. The molecule has 0 bridgehead atoms. The molecular formula is C19H28N2. The van der Waals surface area contributed by atoms with Crippen LogP contribution in [-0.2, 0) is 13.1 Å². The van der Waals surface area contributed by atoms with Gasteiger partial charge in [-0.15, -0.1) is 6.58 Å². The van der Waals surface area contributed by atoms with E-state index in [9.17, 15) is 0 Å². The molecule has 1 N–H and O–H groups in total. The van der Waals surface area contributed by atoms with Gasteiger partial charge in [-0.2, -0.15) is 0 Å². The number of hydrogen-bond donors (Lipinski definition) is 1. The van der Waals surface area contributed by atoms with Gasteiger partial charge in [-0.25, -0.2) is 0 Å². The monoisotopic (exact) mass is 284 g/mol. The topological polar surface area (TPSA) is 17.0 Å². The molecule has 2 heteroatoms. The van der Waals surface area contributed by atoms with Crippen molar-refractivity contribution in [3.8, 4) is 0 Å². The lowest BCUT2D eigenvalue weighted by Gasteiger charge is -2.10. The summed E-state index contributed by atoms with van der Waals surface area (Å²) in [6.07, 6.45) is 1.04. The molecule has 0 fully saturated rings. The van der Waals surface area contributed by atoms with Gasteiger partial charge in [0.15, 0.2) is 0 Å². The molecule has 1 heterocycles. The standard InChI is InChI=1S/C19H28N2/c1-13(2)9-10-21-16(6)15(5)18-11-17(7-8-19(18)21)12-20-14(3)4/h7-8,11,14,20H,1,9-10,12H2,2-6H3. The second-order valence-electron chi connectivity index (χ2n) is 6.46. The van der Waals surface area contributed by atoms with Gasteiger partial charge in [0.1, 0.15) is 0 Å². The molecule has 0 radical (unpaired) electrons. The van der Waals surface area contributed by atoms with E-state index in [0.29, 0.717) is 6.04 Å². The van der Waals surface area contributed by atoms with E-state index in [-0.39, 0.29) is 0 Å². The summed E-state index contributed by atoms with van der Waals surface area (Å²) in [6, 6.07) is 7.37. The van der Waals surface area contributed by atoms with Crippen molar-refractivity contribution >= 4 is 10.9 Å². The third kappa shape index (κ3) is 3.56. The van der Waals surface area contributed by atoms with Crippen LogP contribution in [0.5, 0.6) is 0 Å². The Kier molecular flexibility index (Phi) is 4.89. The van der Waals surface area contributed by atoms with Gasteiger partial charge < -0.3 is 9.88 Å². The smallest absolute Gasteiger partial charge is 0.0485 e. The van der Waals surface area contributed by atoms with Gasteiger partial charge in [0.2, 0.25) is 0 Å². The van der Waals surface area contributed by atoms with Gasteiger partial charge in [0.25, 0.3) is 0 Å². The minimum absolute atomic E-state index is 0.517. The first-order chi connectivity index (χ1) is 9.90. The van der Waals surface area contributed by atoms with Crippen molar-refractivity contribution in [2.24, 2.45) is 0 Å². The average molecular weight is 284 g/mol. The van der Waals surface area contributed by atoms with E-state index in [1.165, 1.54) is 33.3 Å². The van der Waals surface area contributed by atoms with Crippen molar-refractivity contribution in [1.29, 1.82) is 0 Å². The number of benzene rings is 1. The van der Waals surface area contributed by atoms with Crippen LogP contribution in [0.2, 0.25) is 0 Å². The number of aromatic nitrogens is 1. The van der Waals surface area contributed by atoms with Crippen LogP contribution in [-0.4, -0.2) is 10.6 Å². The van der Waals surface area contributed by atoms with Crippen molar-refractivity contribution in [3.63, 3.8) is 0 Å². The summed E-state index contributed by atoms with van der Waals surface area (Å²) in [7, 11) is 0. The number of rotatable bonds is 6. The van der Waals surface area contributed by atoms with Gasteiger partial charge in [-0.3, -0.25) is 0 Å². The summed E-state index contributed by atoms with van der Waals surface area (Å²) in [5, 5.41) is 4.88. The first kappa shape index (κ1) is 15.8. The van der Waals surface area contributed by atoms with E-state index in [2.05, 4.69) is 69.3 Å². The predicted molar refractivity (Wildman–Crippen MR) is 92.8 cm³/mol. The highest BCUT2D eigenvalue weighted by molar-refractivity contribution is 5.86. The van der Waals surface area contributed by atoms with Gasteiger partial charge in [0.05, 0.1) is 0 Å². The molecule has 0 spiro atoms. The summed E-state index contributed by atoms with van der Waals surface area (Å²) < 4.78 is 2.43. The minimum atomic E-state index is 0.517. The van der Waals surface area contributed by atoms with Gasteiger partial charge in [0, 0.05) is 35.7 Å². The molecule has 2 nitrogen and oxygen atoms in total. The molecule has 1 aromatic heterocycles. The number of allylic oxidation sites excluding steroid dienone is 1. The first-order valence-corrected chi connectivity index (χ1v) is 7.86. The van der Waals surface area contributed by atoms with Crippen molar-refractivity contribution in [2.45, 2.75) is 60.2 Å². The molecule has 0 saturated heterocycles. The summed E-state index contributed by atoms with van der Waals surface area (Å²) in [5.74, 6) is 0. The largest absolute Gasteiger partial charge is 0.344 e. The van der Waals surface area contributed by atoms with Crippen LogP contribution in [0.4, 0.5) is 0 Å². The Balaban J connectivity index is 2.35. The van der Waals surface area contributed by atoms with Gasteiger partial charge >= 0.3 is 0 Å². The van der Waals surface area contributed by atoms with Crippen LogP contribution in [0.3, 0.4) is 0 Å². The molecule has 21 heavy (non-hydrogen) atoms. The zero-order chi connectivity index (χ0) is 15.6. The number of aryl methyl sites for hydroxylation is 2. The molecule has 0 unspecified atom stereocenters. The van der Waals surface area contributed by atoms with Crippen molar-refractivity contribution in [2.75, 3.05) is 0 Å². The summed E-state index contributed by atoms with van der Waals surface area (Å²) in [6.45, 7) is 16.9. The Hall–Kier alpha value is -1.54. The molecule has 114 valence electrons. The van der Waals surface area contributed by atoms with Crippen molar-refractivity contribution in [1.82, 2.24) is 9.88 Å². The SMILES string of the molecule is C=C(C)CCn1c(C)c(C)c2cc(CNC(C)C)ccc21. The molecule has 2 rings (SSSR count). The van der Waals surface area contributed by atoms with E-state index < -0.39 is 0 Å². The van der Waals surface area contributed by atoms with Crippen LogP contribution >= 0.6 is 0 Å². The third-order valence-electron chi connectivity index (χ3n) is 4.18. The zero-order valence-corrected chi connectivity index (χ0v) is 14.1. The predicted octanol–water partition coefficient (Wildman–Crippen LogP) is 4.72. The van der Waals surface area contributed by atoms with Crippen LogP contribution in [0, 0.1) is 13.8 Å². The Morgan fingerprint density at radius 2 is 2.00 bits per heavy atom. The Morgan fingerprint density at radius 3 is 2.62 bits per heavy atom. The molecule has 0 aliphatic heterocycles. The average Bonchev–Trinajstić information content (AvgIpc) is 2.66. The maximum absolute atomic E-state index is 4.02. The maximum Gasteiger partial charge on any atom is 0.0485 e. The fourth-order valence-electron chi connectivity index (χ4n) is 2.72. The highest BCUT2D eigenvalue weighted by Crippen LogP contribution is 2.27. The summed E-state index contributed by atoms with van der Waals surface area (Å²) >= 11 is 0. The number of nitrogens with one attached hydrogen (secondary N) is 1.